The first-order valence-electron chi connectivity index (χ1n) is 9.43. The number of carbonyl (C=O) groups is 1. The van der Waals surface area contributed by atoms with Gasteiger partial charge in [-0.15, -0.1) is 0 Å². The van der Waals surface area contributed by atoms with E-state index in [-0.39, 0.29) is 18.3 Å². The lowest BCUT2D eigenvalue weighted by atomic mass is 10.1. The van der Waals surface area contributed by atoms with Crippen molar-refractivity contribution in [1.82, 2.24) is 0 Å². The molecule has 3 aromatic carbocycles. The molecular formula is C24H17BrFNO2S2. The number of thioether (sulfide) groups is 1. The van der Waals surface area contributed by atoms with Crippen LogP contribution in [0.2, 0.25) is 0 Å². The van der Waals surface area contributed by atoms with Crippen LogP contribution in [0.5, 0.6) is 5.75 Å². The predicted molar refractivity (Wildman–Crippen MR) is 132 cm³/mol. The normalized spacial score (nSPS) is 15.1. The summed E-state index contributed by atoms with van der Waals surface area (Å²) in [4.78, 5) is 15.2. The van der Waals surface area contributed by atoms with Crippen LogP contribution < -0.4 is 9.64 Å². The number of nitrogens with zero attached hydrogens (tertiary/aromatic N) is 1. The van der Waals surface area contributed by atoms with Gasteiger partial charge in [-0.2, -0.15) is 0 Å². The molecule has 1 amide bonds. The monoisotopic (exact) mass is 513 g/mol. The van der Waals surface area contributed by atoms with Gasteiger partial charge in [0, 0.05) is 15.6 Å². The molecule has 0 unspecified atom stereocenters. The zero-order valence-electron chi connectivity index (χ0n) is 16.5. The van der Waals surface area contributed by atoms with Crippen molar-refractivity contribution in [2.45, 2.75) is 13.5 Å². The van der Waals surface area contributed by atoms with Crippen molar-refractivity contribution in [3.63, 3.8) is 0 Å². The number of anilines is 1. The molecular weight excluding hydrogens is 497 g/mol. The number of carbonyl (C=O) groups excluding carboxylic acids is 1. The van der Waals surface area contributed by atoms with E-state index in [0.717, 1.165) is 15.7 Å². The van der Waals surface area contributed by atoms with Gasteiger partial charge in [0.2, 0.25) is 0 Å². The van der Waals surface area contributed by atoms with E-state index in [1.54, 1.807) is 35.2 Å². The van der Waals surface area contributed by atoms with Crippen LogP contribution >= 0.6 is 39.9 Å². The maximum Gasteiger partial charge on any atom is 0.270 e. The second-order valence-electron chi connectivity index (χ2n) is 6.87. The SMILES string of the molecule is Cc1ccccc1N1C(=O)C(=Cc2cc(Br)ccc2OCc2ccccc2F)SC1=S. The van der Waals surface area contributed by atoms with Gasteiger partial charge in [-0.3, -0.25) is 9.69 Å². The molecule has 0 spiro atoms. The highest BCUT2D eigenvalue weighted by atomic mass is 79.9. The Balaban J connectivity index is 1.63. The highest BCUT2D eigenvalue weighted by molar-refractivity contribution is 9.10. The summed E-state index contributed by atoms with van der Waals surface area (Å²) in [7, 11) is 0. The zero-order valence-corrected chi connectivity index (χ0v) is 19.7. The van der Waals surface area contributed by atoms with E-state index >= 15 is 0 Å². The van der Waals surface area contributed by atoms with Crippen LogP contribution in [-0.2, 0) is 11.4 Å². The molecule has 0 atom stereocenters. The Bertz CT molecular complexity index is 1210. The van der Waals surface area contributed by atoms with E-state index in [9.17, 15) is 9.18 Å². The first kappa shape index (κ1) is 21.7. The Labute approximate surface area is 198 Å². The Morgan fingerprint density at radius 2 is 1.87 bits per heavy atom. The number of halogens is 2. The first-order chi connectivity index (χ1) is 14.9. The molecule has 1 aliphatic rings. The van der Waals surface area contributed by atoms with Crippen molar-refractivity contribution in [3.05, 3.63) is 98.6 Å². The minimum Gasteiger partial charge on any atom is -0.488 e. The molecule has 0 aliphatic carbocycles. The number of hydrogen-bond donors (Lipinski definition) is 0. The van der Waals surface area contributed by atoms with Crippen LogP contribution in [0.25, 0.3) is 6.08 Å². The van der Waals surface area contributed by atoms with E-state index in [0.29, 0.717) is 26.1 Å². The number of para-hydroxylation sites is 1. The number of rotatable bonds is 5. The minimum atomic E-state index is -0.319. The fraction of sp³-hybridized carbons (Fsp3) is 0.0833. The summed E-state index contributed by atoms with van der Waals surface area (Å²) < 4.78 is 21.2. The van der Waals surface area contributed by atoms with E-state index in [4.69, 9.17) is 17.0 Å². The molecule has 0 N–H and O–H groups in total. The van der Waals surface area contributed by atoms with Gasteiger partial charge in [0.1, 0.15) is 18.2 Å². The molecule has 0 radical (unpaired) electrons. The summed E-state index contributed by atoms with van der Waals surface area (Å²) in [5.41, 5.74) is 2.91. The maximum absolute atomic E-state index is 13.9. The average molecular weight is 514 g/mol. The number of amides is 1. The van der Waals surface area contributed by atoms with Gasteiger partial charge < -0.3 is 4.74 Å². The van der Waals surface area contributed by atoms with Crippen molar-refractivity contribution in [3.8, 4) is 5.75 Å². The topological polar surface area (TPSA) is 29.5 Å². The van der Waals surface area contributed by atoms with Gasteiger partial charge in [0.05, 0.1) is 10.6 Å². The molecule has 156 valence electrons. The molecule has 1 saturated heterocycles. The van der Waals surface area contributed by atoms with Gasteiger partial charge >= 0.3 is 0 Å². The van der Waals surface area contributed by atoms with E-state index in [1.165, 1.54) is 17.8 Å². The average Bonchev–Trinajstić information content (AvgIpc) is 3.02. The number of aryl methyl sites for hydroxylation is 1. The first-order valence-corrected chi connectivity index (χ1v) is 11.4. The van der Waals surface area contributed by atoms with Crippen LogP contribution in [0.4, 0.5) is 10.1 Å². The largest absolute Gasteiger partial charge is 0.488 e. The molecule has 1 fully saturated rings. The zero-order chi connectivity index (χ0) is 22.0. The van der Waals surface area contributed by atoms with Gasteiger partial charge in [-0.05, 0) is 48.9 Å². The molecule has 31 heavy (non-hydrogen) atoms. The summed E-state index contributed by atoms with van der Waals surface area (Å²) in [5, 5.41) is 0. The van der Waals surface area contributed by atoms with Crippen molar-refractivity contribution in [2.24, 2.45) is 0 Å². The van der Waals surface area contributed by atoms with Gasteiger partial charge in [-0.1, -0.05) is 76.3 Å². The third-order valence-electron chi connectivity index (χ3n) is 4.75. The summed E-state index contributed by atoms with van der Waals surface area (Å²) >= 11 is 10.2. The number of thiocarbonyl (C=S) groups is 1. The molecule has 0 aromatic heterocycles. The number of benzene rings is 3. The molecule has 1 aliphatic heterocycles. The summed E-state index contributed by atoms with van der Waals surface area (Å²) in [5.74, 6) is 0.0530. The van der Waals surface area contributed by atoms with Gasteiger partial charge in [-0.25, -0.2) is 4.39 Å². The van der Waals surface area contributed by atoms with E-state index in [1.807, 2.05) is 43.3 Å². The molecule has 1 heterocycles. The van der Waals surface area contributed by atoms with Crippen molar-refractivity contribution in [2.75, 3.05) is 4.90 Å². The lowest BCUT2D eigenvalue weighted by Gasteiger charge is -2.16. The van der Waals surface area contributed by atoms with Crippen molar-refractivity contribution >= 4 is 61.9 Å². The summed E-state index contributed by atoms with van der Waals surface area (Å²) in [6.45, 7) is 2.03. The fourth-order valence-electron chi connectivity index (χ4n) is 3.17. The number of hydrogen-bond acceptors (Lipinski definition) is 4. The lowest BCUT2D eigenvalue weighted by molar-refractivity contribution is -0.113. The van der Waals surface area contributed by atoms with Gasteiger partial charge in [0.15, 0.2) is 4.32 Å². The maximum atomic E-state index is 13.9. The second kappa shape index (κ2) is 9.34. The van der Waals surface area contributed by atoms with Gasteiger partial charge in [0.25, 0.3) is 5.91 Å². The van der Waals surface area contributed by atoms with E-state index < -0.39 is 0 Å². The van der Waals surface area contributed by atoms with Crippen LogP contribution in [0.15, 0.2) is 76.1 Å². The van der Waals surface area contributed by atoms with Crippen LogP contribution in [0.3, 0.4) is 0 Å². The van der Waals surface area contributed by atoms with Crippen molar-refractivity contribution in [1.29, 1.82) is 0 Å². The molecule has 3 nitrogen and oxygen atoms in total. The van der Waals surface area contributed by atoms with Crippen LogP contribution in [-0.4, -0.2) is 10.2 Å². The molecule has 4 rings (SSSR count). The third-order valence-corrected chi connectivity index (χ3v) is 6.54. The minimum absolute atomic E-state index is 0.0827. The predicted octanol–water partition coefficient (Wildman–Crippen LogP) is 6.88. The molecule has 0 saturated carbocycles. The Hall–Kier alpha value is -2.48. The standard InChI is InChI=1S/C24H17BrFNO2S2/c1-15-6-2-5-9-20(15)27-23(28)22(31-24(27)30)13-17-12-18(25)10-11-21(17)29-14-16-7-3-4-8-19(16)26/h2-13H,14H2,1H3. The van der Waals surface area contributed by atoms with Crippen LogP contribution in [0, 0.1) is 12.7 Å². The van der Waals surface area contributed by atoms with Crippen molar-refractivity contribution < 1.29 is 13.9 Å². The highest BCUT2D eigenvalue weighted by Gasteiger charge is 2.34. The molecule has 3 aromatic rings. The lowest BCUT2D eigenvalue weighted by Crippen LogP contribution is -2.28. The fourth-order valence-corrected chi connectivity index (χ4v) is 4.82. The van der Waals surface area contributed by atoms with Crippen LogP contribution in [0.1, 0.15) is 16.7 Å². The smallest absolute Gasteiger partial charge is 0.270 e. The third kappa shape index (κ3) is 4.74. The Morgan fingerprint density at radius 3 is 2.65 bits per heavy atom. The molecule has 7 heteroatoms. The molecule has 0 bridgehead atoms. The summed E-state index contributed by atoms with van der Waals surface area (Å²) in [6.07, 6.45) is 1.76. The Kier molecular flexibility index (Phi) is 6.55. The highest BCUT2D eigenvalue weighted by Crippen LogP contribution is 2.38. The van der Waals surface area contributed by atoms with E-state index in [2.05, 4.69) is 15.9 Å². The second-order valence-corrected chi connectivity index (χ2v) is 9.46. The number of ether oxygens (including phenoxy) is 1. The Morgan fingerprint density at radius 1 is 1.13 bits per heavy atom. The summed E-state index contributed by atoms with van der Waals surface area (Å²) in [6, 6.07) is 19.6. The quantitative estimate of drug-likeness (QED) is 0.274.